The Labute approximate surface area is 175 Å². The van der Waals surface area contributed by atoms with E-state index < -0.39 is 0 Å². The first-order valence-corrected chi connectivity index (χ1v) is 10.0. The number of carbonyl (C=O) groups excluding carboxylic acids is 1. The number of nitrogen functional groups attached to an aromatic ring is 1. The smallest absolute Gasteiger partial charge is 0.269 e. The predicted octanol–water partition coefficient (Wildman–Crippen LogP) is 1.23. The van der Waals surface area contributed by atoms with Crippen molar-refractivity contribution < 1.29 is 4.79 Å². The van der Waals surface area contributed by atoms with Crippen LogP contribution in [-0.4, -0.2) is 87.2 Å². The maximum absolute atomic E-state index is 12.3. The van der Waals surface area contributed by atoms with Gasteiger partial charge in [-0.25, -0.2) is 4.98 Å². The molecule has 1 saturated heterocycles. The zero-order valence-electron chi connectivity index (χ0n) is 17.8. The van der Waals surface area contributed by atoms with Gasteiger partial charge in [0, 0.05) is 51.7 Å². The topological polar surface area (TPSA) is 120 Å². The fourth-order valence-electron chi connectivity index (χ4n) is 3.67. The molecule has 10 heteroatoms. The highest BCUT2D eigenvalue weighted by molar-refractivity contribution is 6.00. The van der Waals surface area contributed by atoms with Gasteiger partial charge in [0.2, 0.25) is 5.95 Å². The van der Waals surface area contributed by atoms with Crippen LogP contribution in [0.3, 0.4) is 0 Å². The molecule has 30 heavy (non-hydrogen) atoms. The zero-order valence-corrected chi connectivity index (χ0v) is 17.8. The number of piperazine rings is 1. The van der Waals surface area contributed by atoms with Gasteiger partial charge in [-0.1, -0.05) is 0 Å². The average Bonchev–Trinajstić information content (AvgIpc) is 3.16. The SMILES string of the molecule is CC(C)N1CCN(c2ccc(-c3nc(N)nc4[nH]c(C(=O)N(C)C)cc34)nn2)CC1. The number of rotatable bonds is 4. The Morgan fingerprint density at radius 2 is 1.87 bits per heavy atom. The predicted molar refractivity (Wildman–Crippen MR) is 116 cm³/mol. The molecule has 0 spiro atoms. The Morgan fingerprint density at radius 3 is 2.47 bits per heavy atom. The molecule has 1 amide bonds. The minimum Gasteiger partial charge on any atom is -0.368 e. The van der Waals surface area contributed by atoms with Crippen molar-refractivity contribution in [3.8, 4) is 11.4 Å². The number of nitrogens with zero attached hydrogens (tertiary/aromatic N) is 7. The number of H-pyrrole nitrogens is 1. The van der Waals surface area contributed by atoms with E-state index in [4.69, 9.17) is 5.73 Å². The number of nitrogens with one attached hydrogen (secondary N) is 1. The molecule has 1 aliphatic heterocycles. The molecule has 3 N–H and O–H groups in total. The number of anilines is 2. The maximum atomic E-state index is 12.3. The van der Waals surface area contributed by atoms with Crippen LogP contribution in [0, 0.1) is 0 Å². The standard InChI is InChI=1S/C20H27N9O/c1-12(2)28-7-9-29(10-8-28)16-6-5-14(25-26-16)17-13-11-15(19(30)27(3)4)22-18(13)24-20(21)23-17/h5-6,11-12H,7-10H2,1-4H3,(H3,21,22,23,24). The first-order chi connectivity index (χ1) is 14.3. The van der Waals surface area contributed by atoms with Gasteiger partial charge in [0.1, 0.15) is 22.7 Å². The van der Waals surface area contributed by atoms with Crippen molar-refractivity contribution in [2.75, 3.05) is 50.9 Å². The molecule has 0 radical (unpaired) electrons. The molecule has 4 rings (SSSR count). The molecule has 3 aromatic heterocycles. The van der Waals surface area contributed by atoms with Gasteiger partial charge in [0.05, 0.1) is 0 Å². The van der Waals surface area contributed by atoms with Crippen LogP contribution in [0.2, 0.25) is 0 Å². The number of fused-ring (bicyclic) bond motifs is 1. The summed E-state index contributed by atoms with van der Waals surface area (Å²) in [5, 5.41) is 9.51. The van der Waals surface area contributed by atoms with E-state index in [0.29, 0.717) is 34.2 Å². The fourth-order valence-corrected chi connectivity index (χ4v) is 3.67. The van der Waals surface area contributed by atoms with E-state index in [1.54, 1.807) is 20.2 Å². The molecule has 0 saturated carbocycles. The Bertz CT molecular complexity index is 1050. The minimum atomic E-state index is -0.153. The summed E-state index contributed by atoms with van der Waals surface area (Å²) in [5.41, 5.74) is 7.95. The van der Waals surface area contributed by atoms with Crippen molar-refractivity contribution in [2.45, 2.75) is 19.9 Å². The van der Waals surface area contributed by atoms with Crippen molar-refractivity contribution in [1.29, 1.82) is 0 Å². The van der Waals surface area contributed by atoms with Crippen LogP contribution in [0.1, 0.15) is 24.3 Å². The highest BCUT2D eigenvalue weighted by atomic mass is 16.2. The van der Waals surface area contributed by atoms with Crippen molar-refractivity contribution in [1.82, 2.24) is 34.9 Å². The molecule has 1 aliphatic rings. The van der Waals surface area contributed by atoms with E-state index in [2.05, 4.69) is 48.8 Å². The molecule has 4 heterocycles. The van der Waals surface area contributed by atoms with Crippen molar-refractivity contribution in [2.24, 2.45) is 0 Å². The summed E-state index contributed by atoms with van der Waals surface area (Å²) in [6.45, 7) is 8.30. The van der Waals surface area contributed by atoms with E-state index in [-0.39, 0.29) is 11.9 Å². The van der Waals surface area contributed by atoms with Crippen LogP contribution in [0.15, 0.2) is 18.2 Å². The van der Waals surface area contributed by atoms with Crippen LogP contribution >= 0.6 is 0 Å². The largest absolute Gasteiger partial charge is 0.368 e. The molecule has 10 nitrogen and oxygen atoms in total. The summed E-state index contributed by atoms with van der Waals surface area (Å²) in [4.78, 5) is 30.1. The monoisotopic (exact) mass is 409 g/mol. The Kier molecular flexibility index (Phi) is 5.25. The minimum absolute atomic E-state index is 0.110. The molecule has 3 aromatic rings. The second kappa shape index (κ2) is 7.86. The second-order valence-corrected chi connectivity index (χ2v) is 7.97. The normalized spacial score (nSPS) is 15.2. The molecular weight excluding hydrogens is 382 g/mol. The number of aromatic amines is 1. The number of hydrogen-bond donors (Lipinski definition) is 2. The Balaban J connectivity index is 1.62. The van der Waals surface area contributed by atoms with Gasteiger partial charge in [0.25, 0.3) is 5.91 Å². The van der Waals surface area contributed by atoms with Gasteiger partial charge >= 0.3 is 0 Å². The second-order valence-electron chi connectivity index (χ2n) is 7.97. The van der Waals surface area contributed by atoms with Crippen LogP contribution in [0.4, 0.5) is 11.8 Å². The number of aromatic nitrogens is 5. The summed E-state index contributed by atoms with van der Waals surface area (Å²) in [6, 6.07) is 6.12. The molecule has 0 unspecified atom stereocenters. The third kappa shape index (κ3) is 3.78. The van der Waals surface area contributed by atoms with Crippen molar-refractivity contribution >= 4 is 28.7 Å². The zero-order chi connectivity index (χ0) is 21.4. The third-order valence-corrected chi connectivity index (χ3v) is 5.40. The lowest BCUT2D eigenvalue weighted by atomic mass is 10.2. The lowest BCUT2D eigenvalue weighted by molar-refractivity contribution is 0.0823. The summed E-state index contributed by atoms with van der Waals surface area (Å²) in [6.07, 6.45) is 0. The molecule has 0 atom stereocenters. The van der Waals surface area contributed by atoms with E-state index in [1.807, 2.05) is 12.1 Å². The lowest BCUT2D eigenvalue weighted by Gasteiger charge is -2.37. The first kappa shape index (κ1) is 20.0. The Morgan fingerprint density at radius 1 is 1.13 bits per heavy atom. The molecule has 0 bridgehead atoms. The number of nitrogens with two attached hydrogens (primary N) is 1. The third-order valence-electron chi connectivity index (χ3n) is 5.40. The molecule has 1 fully saturated rings. The maximum Gasteiger partial charge on any atom is 0.269 e. The highest BCUT2D eigenvalue weighted by Gasteiger charge is 2.21. The molecule has 158 valence electrons. The molecule has 0 aromatic carbocycles. The van der Waals surface area contributed by atoms with Gasteiger partial charge in [-0.2, -0.15) is 4.98 Å². The van der Waals surface area contributed by atoms with E-state index in [0.717, 1.165) is 32.0 Å². The summed E-state index contributed by atoms with van der Waals surface area (Å²) < 4.78 is 0. The van der Waals surface area contributed by atoms with Gasteiger partial charge in [-0.3, -0.25) is 9.69 Å². The summed E-state index contributed by atoms with van der Waals surface area (Å²) in [7, 11) is 3.39. The lowest BCUT2D eigenvalue weighted by Crippen LogP contribution is -2.49. The van der Waals surface area contributed by atoms with Crippen LogP contribution in [-0.2, 0) is 0 Å². The van der Waals surface area contributed by atoms with E-state index >= 15 is 0 Å². The fraction of sp³-hybridized carbons (Fsp3) is 0.450. The molecular formula is C20H27N9O. The van der Waals surface area contributed by atoms with E-state index in [1.165, 1.54) is 4.90 Å². The number of hydrogen-bond acceptors (Lipinski definition) is 8. The van der Waals surface area contributed by atoms with Crippen molar-refractivity contribution in [3.63, 3.8) is 0 Å². The van der Waals surface area contributed by atoms with Crippen LogP contribution in [0.25, 0.3) is 22.4 Å². The van der Waals surface area contributed by atoms with Crippen LogP contribution in [0.5, 0.6) is 0 Å². The summed E-state index contributed by atoms with van der Waals surface area (Å²) >= 11 is 0. The molecule has 0 aliphatic carbocycles. The van der Waals surface area contributed by atoms with Crippen molar-refractivity contribution in [3.05, 3.63) is 23.9 Å². The quantitative estimate of drug-likeness (QED) is 0.660. The first-order valence-electron chi connectivity index (χ1n) is 10.0. The van der Waals surface area contributed by atoms with Crippen LogP contribution < -0.4 is 10.6 Å². The summed E-state index contributed by atoms with van der Waals surface area (Å²) in [5.74, 6) is 0.802. The van der Waals surface area contributed by atoms with Gasteiger partial charge < -0.3 is 20.5 Å². The van der Waals surface area contributed by atoms with Gasteiger partial charge in [-0.15, -0.1) is 10.2 Å². The van der Waals surface area contributed by atoms with Gasteiger partial charge in [-0.05, 0) is 32.0 Å². The number of carbonyl (C=O) groups is 1. The average molecular weight is 409 g/mol. The highest BCUT2D eigenvalue weighted by Crippen LogP contribution is 2.27. The number of amides is 1. The van der Waals surface area contributed by atoms with E-state index in [9.17, 15) is 4.79 Å². The Hall–Kier alpha value is -3.27. The van der Waals surface area contributed by atoms with Gasteiger partial charge in [0.15, 0.2) is 5.82 Å².